The second-order valence-corrected chi connectivity index (χ2v) is 3.51. The standard InChI is InChI=1S/C12H18N2O3/c1-16-8-6-14(7-9-17-2)12-11(10-15)4-3-5-13-12/h3-5,10H,6-9H2,1-2H3. The lowest BCUT2D eigenvalue weighted by molar-refractivity contribution is 0.112. The van der Waals surface area contributed by atoms with E-state index in [-0.39, 0.29) is 0 Å². The van der Waals surface area contributed by atoms with Crippen LogP contribution in [0.1, 0.15) is 10.4 Å². The van der Waals surface area contributed by atoms with Crippen molar-refractivity contribution in [2.45, 2.75) is 0 Å². The second-order valence-electron chi connectivity index (χ2n) is 3.51. The third-order valence-corrected chi connectivity index (χ3v) is 2.37. The third kappa shape index (κ3) is 4.13. The Bertz CT molecular complexity index is 336. The molecule has 0 radical (unpaired) electrons. The number of methoxy groups -OCH3 is 2. The van der Waals surface area contributed by atoms with Gasteiger partial charge in [-0.3, -0.25) is 4.79 Å². The van der Waals surface area contributed by atoms with Gasteiger partial charge in [0.25, 0.3) is 0 Å². The first kappa shape index (κ1) is 13.6. The Hall–Kier alpha value is -1.46. The summed E-state index contributed by atoms with van der Waals surface area (Å²) in [5.74, 6) is 0.677. The molecule has 0 aromatic carbocycles. The van der Waals surface area contributed by atoms with E-state index < -0.39 is 0 Å². The number of anilines is 1. The predicted molar refractivity (Wildman–Crippen MR) is 65.6 cm³/mol. The number of rotatable bonds is 8. The van der Waals surface area contributed by atoms with Gasteiger partial charge in [0.15, 0.2) is 6.29 Å². The van der Waals surface area contributed by atoms with E-state index in [9.17, 15) is 4.79 Å². The summed E-state index contributed by atoms with van der Waals surface area (Å²) >= 11 is 0. The summed E-state index contributed by atoms with van der Waals surface area (Å²) in [6, 6.07) is 3.50. The van der Waals surface area contributed by atoms with E-state index in [0.29, 0.717) is 37.7 Å². The average molecular weight is 238 g/mol. The molecule has 0 unspecified atom stereocenters. The fourth-order valence-corrected chi connectivity index (χ4v) is 1.49. The smallest absolute Gasteiger partial charge is 0.153 e. The first-order valence-electron chi connectivity index (χ1n) is 5.46. The van der Waals surface area contributed by atoms with Crippen molar-refractivity contribution < 1.29 is 14.3 Å². The molecule has 1 heterocycles. The van der Waals surface area contributed by atoms with Crippen molar-refractivity contribution in [1.29, 1.82) is 0 Å². The highest BCUT2D eigenvalue weighted by Gasteiger charge is 2.11. The van der Waals surface area contributed by atoms with Crippen LogP contribution in [0, 0.1) is 0 Å². The minimum Gasteiger partial charge on any atom is -0.383 e. The number of nitrogens with zero attached hydrogens (tertiary/aromatic N) is 2. The molecule has 1 aromatic rings. The first-order valence-corrected chi connectivity index (χ1v) is 5.46. The molecule has 0 aliphatic heterocycles. The predicted octanol–water partition coefficient (Wildman–Crippen LogP) is 0.993. The zero-order valence-corrected chi connectivity index (χ0v) is 10.3. The number of aldehydes is 1. The number of carbonyl (C=O) groups is 1. The molecule has 0 spiro atoms. The molecule has 0 aliphatic rings. The highest BCUT2D eigenvalue weighted by Crippen LogP contribution is 2.14. The van der Waals surface area contributed by atoms with Crippen LogP contribution in [0.25, 0.3) is 0 Å². The van der Waals surface area contributed by atoms with Crippen molar-refractivity contribution in [2.75, 3.05) is 45.4 Å². The number of ether oxygens (including phenoxy) is 2. The third-order valence-electron chi connectivity index (χ3n) is 2.37. The summed E-state index contributed by atoms with van der Waals surface area (Å²) < 4.78 is 10.1. The lowest BCUT2D eigenvalue weighted by Crippen LogP contribution is -2.32. The van der Waals surface area contributed by atoms with Crippen LogP contribution < -0.4 is 4.90 Å². The van der Waals surface area contributed by atoms with E-state index >= 15 is 0 Å². The number of aromatic nitrogens is 1. The van der Waals surface area contributed by atoms with Crippen molar-refractivity contribution >= 4 is 12.1 Å². The largest absolute Gasteiger partial charge is 0.383 e. The monoisotopic (exact) mass is 238 g/mol. The van der Waals surface area contributed by atoms with Gasteiger partial charge in [-0.25, -0.2) is 4.98 Å². The quantitative estimate of drug-likeness (QED) is 0.632. The molecule has 0 fully saturated rings. The second kappa shape index (κ2) is 7.76. The van der Waals surface area contributed by atoms with Gasteiger partial charge in [0.05, 0.1) is 18.8 Å². The minimum absolute atomic E-state index is 0.582. The molecule has 1 aromatic heterocycles. The molecule has 5 nitrogen and oxygen atoms in total. The first-order chi connectivity index (χ1) is 8.33. The molecule has 17 heavy (non-hydrogen) atoms. The molecule has 0 aliphatic carbocycles. The van der Waals surface area contributed by atoms with Gasteiger partial charge in [0.2, 0.25) is 0 Å². The van der Waals surface area contributed by atoms with Gasteiger partial charge in [0.1, 0.15) is 5.82 Å². The molecular weight excluding hydrogens is 220 g/mol. The zero-order valence-electron chi connectivity index (χ0n) is 10.3. The minimum atomic E-state index is 0.582. The summed E-state index contributed by atoms with van der Waals surface area (Å²) in [6.45, 7) is 2.52. The molecule has 0 bridgehead atoms. The van der Waals surface area contributed by atoms with Crippen LogP contribution in [-0.2, 0) is 9.47 Å². The summed E-state index contributed by atoms with van der Waals surface area (Å²) in [5.41, 5.74) is 0.583. The normalized spacial score (nSPS) is 10.2. The maximum Gasteiger partial charge on any atom is 0.153 e. The van der Waals surface area contributed by atoms with E-state index in [4.69, 9.17) is 9.47 Å². The lowest BCUT2D eigenvalue weighted by atomic mass is 10.2. The number of carbonyl (C=O) groups excluding carboxylic acids is 1. The van der Waals surface area contributed by atoms with Crippen molar-refractivity contribution in [2.24, 2.45) is 0 Å². The topological polar surface area (TPSA) is 51.7 Å². The van der Waals surface area contributed by atoms with Crippen molar-refractivity contribution in [3.63, 3.8) is 0 Å². The van der Waals surface area contributed by atoms with Crippen LogP contribution in [0.4, 0.5) is 5.82 Å². The summed E-state index contributed by atoms with van der Waals surface area (Å²) in [7, 11) is 3.29. The van der Waals surface area contributed by atoms with E-state index in [2.05, 4.69) is 4.98 Å². The van der Waals surface area contributed by atoms with Gasteiger partial charge in [-0.15, -0.1) is 0 Å². The van der Waals surface area contributed by atoms with Crippen molar-refractivity contribution in [3.05, 3.63) is 23.9 Å². The van der Waals surface area contributed by atoms with Crippen LogP contribution in [0.5, 0.6) is 0 Å². The van der Waals surface area contributed by atoms with E-state index in [0.717, 1.165) is 6.29 Å². The highest BCUT2D eigenvalue weighted by molar-refractivity contribution is 5.82. The van der Waals surface area contributed by atoms with E-state index in [1.165, 1.54) is 0 Å². The number of hydrogen-bond donors (Lipinski definition) is 0. The molecule has 0 N–H and O–H groups in total. The molecule has 5 heteroatoms. The molecule has 0 amide bonds. The molecule has 0 atom stereocenters. The lowest BCUT2D eigenvalue weighted by Gasteiger charge is -2.24. The van der Waals surface area contributed by atoms with Gasteiger partial charge in [-0.1, -0.05) is 0 Å². The highest BCUT2D eigenvalue weighted by atomic mass is 16.5. The summed E-state index contributed by atoms with van der Waals surface area (Å²) in [5, 5.41) is 0. The van der Waals surface area contributed by atoms with Gasteiger partial charge >= 0.3 is 0 Å². The van der Waals surface area contributed by atoms with Gasteiger partial charge < -0.3 is 14.4 Å². The SMILES string of the molecule is COCCN(CCOC)c1ncccc1C=O. The molecular formula is C12H18N2O3. The van der Waals surface area contributed by atoms with Gasteiger partial charge in [-0.05, 0) is 12.1 Å². The Morgan fingerprint density at radius 1 is 1.29 bits per heavy atom. The Kier molecular flexibility index (Phi) is 6.21. The Morgan fingerprint density at radius 3 is 2.47 bits per heavy atom. The molecule has 0 saturated carbocycles. The van der Waals surface area contributed by atoms with Crippen LogP contribution in [0.15, 0.2) is 18.3 Å². The van der Waals surface area contributed by atoms with Crippen LogP contribution in [-0.4, -0.2) is 51.8 Å². The Labute approximate surface area is 101 Å². The number of hydrogen-bond acceptors (Lipinski definition) is 5. The molecule has 1 rings (SSSR count). The zero-order chi connectivity index (χ0) is 12.5. The van der Waals surface area contributed by atoms with Crippen LogP contribution in [0.2, 0.25) is 0 Å². The van der Waals surface area contributed by atoms with Crippen LogP contribution in [0.3, 0.4) is 0 Å². The maximum atomic E-state index is 11.0. The van der Waals surface area contributed by atoms with E-state index in [1.54, 1.807) is 32.5 Å². The average Bonchev–Trinajstić information content (AvgIpc) is 2.39. The van der Waals surface area contributed by atoms with Crippen molar-refractivity contribution in [3.8, 4) is 0 Å². The van der Waals surface area contributed by atoms with Gasteiger partial charge in [-0.2, -0.15) is 0 Å². The summed E-state index contributed by atoms with van der Waals surface area (Å²) in [6.07, 6.45) is 2.49. The fourth-order valence-electron chi connectivity index (χ4n) is 1.49. The maximum absolute atomic E-state index is 11.0. The van der Waals surface area contributed by atoms with Gasteiger partial charge in [0, 0.05) is 33.5 Å². The molecule has 0 saturated heterocycles. The Balaban J connectivity index is 2.82. The Morgan fingerprint density at radius 2 is 1.94 bits per heavy atom. The van der Waals surface area contributed by atoms with E-state index in [1.807, 2.05) is 4.90 Å². The van der Waals surface area contributed by atoms with Crippen LogP contribution >= 0.6 is 0 Å². The fraction of sp³-hybridized carbons (Fsp3) is 0.500. The van der Waals surface area contributed by atoms with Crippen molar-refractivity contribution in [1.82, 2.24) is 4.98 Å². The number of pyridine rings is 1. The molecule has 94 valence electrons. The summed E-state index contributed by atoms with van der Waals surface area (Å²) in [4.78, 5) is 17.2.